The first-order valence-corrected chi connectivity index (χ1v) is 12.4. The number of hydrogen-bond donors (Lipinski definition) is 0. The van der Waals surface area contributed by atoms with Crippen molar-refractivity contribution in [3.8, 4) is 5.82 Å². The summed E-state index contributed by atoms with van der Waals surface area (Å²) < 4.78 is 10.9. The molecule has 1 amide bonds. The van der Waals surface area contributed by atoms with Crippen LogP contribution in [0, 0.1) is 0 Å². The van der Waals surface area contributed by atoms with Crippen LogP contribution < -0.4 is 5.56 Å². The minimum atomic E-state index is -0.212. The Hall–Kier alpha value is -3.24. The van der Waals surface area contributed by atoms with Crippen LogP contribution in [0.3, 0.4) is 0 Å². The minimum Gasteiger partial charge on any atom is -0.376 e. The van der Waals surface area contributed by atoms with Crippen molar-refractivity contribution >= 4 is 34.1 Å². The molecule has 0 aliphatic carbocycles. The highest BCUT2D eigenvalue weighted by atomic mass is 35.5. The average molecular weight is 496 g/mol. The van der Waals surface area contributed by atoms with Crippen LogP contribution in [0.4, 0.5) is 0 Å². The Bertz CT molecular complexity index is 1480. The molecule has 10 nitrogen and oxygen atoms in total. The van der Waals surface area contributed by atoms with E-state index in [0.29, 0.717) is 47.3 Å². The van der Waals surface area contributed by atoms with Crippen molar-refractivity contribution in [2.45, 2.75) is 57.7 Å². The fraction of sp³-hybridized carbons (Fsp3) is 0.458. The summed E-state index contributed by atoms with van der Waals surface area (Å²) in [4.78, 5) is 32.3. The maximum atomic E-state index is 13.9. The van der Waals surface area contributed by atoms with Gasteiger partial charge in [-0.05, 0) is 44.2 Å². The van der Waals surface area contributed by atoms with Crippen molar-refractivity contribution in [1.82, 2.24) is 33.8 Å². The summed E-state index contributed by atoms with van der Waals surface area (Å²) in [5, 5.41) is 9.12. The van der Waals surface area contributed by atoms with E-state index in [1.807, 2.05) is 17.0 Å². The van der Waals surface area contributed by atoms with Gasteiger partial charge in [0.1, 0.15) is 12.0 Å². The fourth-order valence-corrected chi connectivity index (χ4v) is 5.67. The van der Waals surface area contributed by atoms with Crippen molar-refractivity contribution in [2.24, 2.45) is 0 Å². The zero-order valence-corrected chi connectivity index (χ0v) is 20.2. The van der Waals surface area contributed by atoms with Crippen LogP contribution >= 0.6 is 11.6 Å². The number of carbonyl (C=O) groups is 1. The first-order valence-electron chi connectivity index (χ1n) is 12.0. The maximum absolute atomic E-state index is 13.9. The highest BCUT2D eigenvalue weighted by molar-refractivity contribution is 6.35. The quantitative estimate of drug-likeness (QED) is 0.431. The number of likely N-dealkylation sites (tertiary alicyclic amines) is 1. The van der Waals surface area contributed by atoms with Gasteiger partial charge in [0, 0.05) is 20.1 Å². The lowest BCUT2D eigenvalue weighted by Crippen LogP contribution is -2.32. The number of hydrogen-bond acceptors (Lipinski definition) is 6. The van der Waals surface area contributed by atoms with Crippen molar-refractivity contribution in [2.75, 3.05) is 13.2 Å². The van der Waals surface area contributed by atoms with Gasteiger partial charge in [-0.25, -0.2) is 4.98 Å². The van der Waals surface area contributed by atoms with Crippen molar-refractivity contribution in [3.05, 3.63) is 51.8 Å². The molecule has 182 valence electrons. The van der Waals surface area contributed by atoms with Gasteiger partial charge in [-0.3, -0.25) is 14.0 Å². The van der Waals surface area contributed by atoms with Gasteiger partial charge in [0.2, 0.25) is 5.91 Å². The van der Waals surface area contributed by atoms with Gasteiger partial charge >= 0.3 is 0 Å². The number of ether oxygens (including phenoxy) is 1. The lowest BCUT2D eigenvalue weighted by atomic mass is 10.1. The molecular weight excluding hydrogens is 470 g/mol. The highest BCUT2D eigenvalue weighted by Crippen LogP contribution is 2.31. The van der Waals surface area contributed by atoms with Gasteiger partial charge in [0.15, 0.2) is 11.3 Å². The Labute approximate surface area is 206 Å². The predicted octanol–water partition coefficient (Wildman–Crippen LogP) is 3.14. The molecule has 4 aromatic rings. The molecule has 2 saturated heterocycles. The molecular formula is C24H26ClN7O3. The Morgan fingerprint density at radius 1 is 1.20 bits per heavy atom. The molecule has 3 aromatic heterocycles. The van der Waals surface area contributed by atoms with Crippen LogP contribution in [-0.2, 0) is 16.1 Å². The number of fused-ring (bicyclic) bond motifs is 3. The smallest absolute Gasteiger partial charge is 0.279 e. The molecule has 0 saturated carbocycles. The van der Waals surface area contributed by atoms with E-state index in [4.69, 9.17) is 16.3 Å². The van der Waals surface area contributed by atoms with Crippen LogP contribution in [0.5, 0.6) is 0 Å². The molecule has 2 aliphatic heterocycles. The standard InChI is InChI=1S/C24H26ClN7O3/c1-15(33)29-10-5-9-19(29)18-13-32(28-27-18)23-22-24(34)30(12-16-6-2-3-11-35-16)21-17(25)7-4-8-20(21)31(22)14-26-23/h4,7-8,13-14,16,19H,2-3,5-6,9-12H2,1H3. The van der Waals surface area contributed by atoms with Crippen LogP contribution in [0.25, 0.3) is 22.4 Å². The molecule has 2 fully saturated rings. The number of carbonyl (C=O) groups excluding carboxylic acids is 1. The monoisotopic (exact) mass is 495 g/mol. The molecule has 2 aliphatic rings. The molecule has 0 bridgehead atoms. The van der Waals surface area contributed by atoms with Crippen molar-refractivity contribution < 1.29 is 9.53 Å². The largest absolute Gasteiger partial charge is 0.376 e. The van der Waals surface area contributed by atoms with E-state index in [1.54, 1.807) is 34.5 Å². The summed E-state index contributed by atoms with van der Waals surface area (Å²) in [5.41, 5.74) is 2.31. The fourth-order valence-electron chi connectivity index (χ4n) is 5.40. The third-order valence-electron chi connectivity index (χ3n) is 7.08. The van der Waals surface area contributed by atoms with E-state index in [1.165, 1.54) is 4.68 Å². The maximum Gasteiger partial charge on any atom is 0.279 e. The molecule has 35 heavy (non-hydrogen) atoms. The second-order valence-corrected chi connectivity index (χ2v) is 9.66. The van der Waals surface area contributed by atoms with E-state index in [9.17, 15) is 9.59 Å². The number of aromatic nitrogens is 6. The van der Waals surface area contributed by atoms with Crippen molar-refractivity contribution in [3.63, 3.8) is 0 Å². The second-order valence-electron chi connectivity index (χ2n) is 9.26. The Balaban J connectivity index is 1.49. The summed E-state index contributed by atoms with van der Waals surface area (Å²) in [5.74, 6) is 0.409. The summed E-state index contributed by atoms with van der Waals surface area (Å²) in [6.07, 6.45) is 8.10. The molecule has 0 spiro atoms. The molecule has 0 N–H and O–H groups in total. The average Bonchev–Trinajstić information content (AvgIpc) is 3.61. The number of halogens is 1. The molecule has 0 radical (unpaired) electrons. The Morgan fingerprint density at radius 2 is 2.09 bits per heavy atom. The van der Waals surface area contributed by atoms with E-state index < -0.39 is 0 Å². The van der Waals surface area contributed by atoms with Gasteiger partial charge in [0.25, 0.3) is 5.56 Å². The third kappa shape index (κ3) is 3.71. The molecule has 2 atom stereocenters. The topological polar surface area (TPSA) is 99.6 Å². The van der Waals surface area contributed by atoms with Gasteiger partial charge in [-0.1, -0.05) is 22.9 Å². The normalized spacial score (nSPS) is 20.8. The molecule has 1 aromatic carbocycles. The van der Waals surface area contributed by atoms with Crippen LogP contribution in [0.15, 0.2) is 35.5 Å². The van der Waals surface area contributed by atoms with E-state index in [-0.39, 0.29) is 23.6 Å². The third-order valence-corrected chi connectivity index (χ3v) is 7.38. The lowest BCUT2D eigenvalue weighted by molar-refractivity contribution is -0.129. The van der Waals surface area contributed by atoms with Gasteiger partial charge < -0.3 is 14.2 Å². The lowest BCUT2D eigenvalue weighted by Gasteiger charge is -2.24. The molecule has 11 heteroatoms. The molecule has 2 unspecified atom stereocenters. The number of nitrogens with zero attached hydrogens (tertiary/aromatic N) is 7. The summed E-state index contributed by atoms with van der Waals surface area (Å²) >= 11 is 6.60. The predicted molar refractivity (Wildman–Crippen MR) is 130 cm³/mol. The number of para-hydroxylation sites is 1. The zero-order chi connectivity index (χ0) is 24.1. The molecule has 5 heterocycles. The number of amides is 1. The summed E-state index contributed by atoms with van der Waals surface area (Å²) in [7, 11) is 0. The van der Waals surface area contributed by atoms with E-state index >= 15 is 0 Å². The number of rotatable bonds is 4. The Morgan fingerprint density at radius 3 is 2.89 bits per heavy atom. The first-order chi connectivity index (χ1) is 17.0. The number of benzene rings is 1. The zero-order valence-electron chi connectivity index (χ0n) is 19.4. The van der Waals surface area contributed by atoms with Crippen LogP contribution in [0.1, 0.15) is 50.8 Å². The van der Waals surface area contributed by atoms with Crippen LogP contribution in [-0.4, -0.2) is 59.0 Å². The first kappa shape index (κ1) is 22.2. The van der Waals surface area contributed by atoms with E-state index in [2.05, 4.69) is 15.3 Å². The highest BCUT2D eigenvalue weighted by Gasteiger charge is 2.31. The summed E-state index contributed by atoms with van der Waals surface area (Å²) in [6, 6.07) is 5.46. The molecule has 6 rings (SSSR count). The van der Waals surface area contributed by atoms with Gasteiger partial charge in [-0.2, -0.15) is 4.68 Å². The van der Waals surface area contributed by atoms with Gasteiger partial charge in [0.05, 0.1) is 40.9 Å². The van der Waals surface area contributed by atoms with Crippen molar-refractivity contribution in [1.29, 1.82) is 0 Å². The van der Waals surface area contributed by atoms with Gasteiger partial charge in [-0.15, -0.1) is 5.10 Å². The van der Waals surface area contributed by atoms with E-state index in [0.717, 1.165) is 37.6 Å². The number of imidazole rings is 1. The second kappa shape index (κ2) is 8.76. The Kier molecular flexibility index (Phi) is 5.57. The summed E-state index contributed by atoms with van der Waals surface area (Å²) in [6.45, 7) is 3.39. The SMILES string of the molecule is CC(=O)N1CCCC1c1cn(-c2ncn3c2c(=O)n(CC2CCCCO2)c2c(Cl)cccc23)nn1. The minimum absolute atomic E-state index is 0.0191. The van der Waals surface area contributed by atoms with Crippen LogP contribution in [0.2, 0.25) is 5.02 Å².